The Labute approximate surface area is 44.8 Å². The number of hydrogen-bond donors (Lipinski definition) is 0. The summed E-state index contributed by atoms with van der Waals surface area (Å²) < 4.78 is 0. The van der Waals surface area contributed by atoms with Crippen molar-refractivity contribution in [2.24, 2.45) is 0 Å². The predicted octanol–water partition coefficient (Wildman–Crippen LogP) is -0.0419. The van der Waals surface area contributed by atoms with Crippen molar-refractivity contribution in [3.05, 3.63) is 0 Å². The second-order valence-electron chi connectivity index (χ2n) is 0.322. The minimum absolute atomic E-state index is 0.350. The molecular formula is CH2S4. The largest absolute Gasteiger partial charge is 0.0850 e. The summed E-state index contributed by atoms with van der Waals surface area (Å²) in [6, 6.07) is 0. The van der Waals surface area contributed by atoms with Crippen LogP contribution in [0.2, 0.25) is 0 Å². The molecule has 0 saturated carbocycles. The molecule has 4 heteroatoms. The Hall–Kier alpha value is 0.750. The smallest absolute Gasteiger partial charge is 0.000814 e. The van der Waals surface area contributed by atoms with Crippen molar-refractivity contribution < 1.29 is 0 Å². The van der Waals surface area contributed by atoms with Gasteiger partial charge in [0.2, 0.25) is 0 Å². The van der Waals surface area contributed by atoms with Crippen LogP contribution < -0.4 is 0 Å². The van der Waals surface area contributed by atoms with Gasteiger partial charge in [-0.2, -0.15) is 0 Å². The van der Waals surface area contributed by atoms with Crippen LogP contribution in [-0.4, -0.2) is 5.87 Å². The summed E-state index contributed by atoms with van der Waals surface area (Å²) >= 11 is 9.05. The van der Waals surface area contributed by atoms with Crippen molar-refractivity contribution in [3.8, 4) is 0 Å². The molecule has 0 bridgehead atoms. The van der Waals surface area contributed by atoms with Crippen LogP contribution in [-0.2, 0) is 38.9 Å². The lowest BCUT2D eigenvalue weighted by atomic mass is 12.0. The highest BCUT2D eigenvalue weighted by Crippen LogP contribution is 1.29. The van der Waals surface area contributed by atoms with Crippen LogP contribution in [0.3, 0.4) is 0 Å². The highest BCUT2D eigenvalue weighted by atomic mass is 33.3. The Bertz CT molecular complexity index is 134. The maximum atomic E-state index is 4.52. The molecule has 5 heavy (non-hydrogen) atoms. The van der Waals surface area contributed by atoms with Crippen LogP contribution in [0.1, 0.15) is 0 Å². The molecule has 0 aromatic heterocycles. The Morgan fingerprint density at radius 3 is 1.80 bits per heavy atom. The van der Waals surface area contributed by atoms with E-state index in [-0.39, 0.29) is 6.57 Å². The van der Waals surface area contributed by atoms with Crippen LogP contribution in [0.4, 0.5) is 0 Å². The molecule has 0 N–H and O–H groups in total. The highest BCUT2D eigenvalue weighted by molar-refractivity contribution is 8.62. The van der Waals surface area contributed by atoms with Gasteiger partial charge in [-0.05, 0) is 34.8 Å². The third-order valence-corrected chi connectivity index (χ3v) is 2.60. The Morgan fingerprint density at radius 1 is 1.60 bits per heavy atom. The first-order valence-corrected chi connectivity index (χ1v) is 5.37. The van der Waals surface area contributed by atoms with Crippen LogP contribution in [0.25, 0.3) is 0 Å². The van der Waals surface area contributed by atoms with E-state index in [1.807, 2.05) is 0 Å². The molecule has 0 aliphatic carbocycles. The summed E-state index contributed by atoms with van der Waals surface area (Å²) in [5, 5.41) is 0. The van der Waals surface area contributed by atoms with Gasteiger partial charge in [0, 0.05) is 0 Å². The first-order chi connectivity index (χ1) is 2.27. The van der Waals surface area contributed by atoms with Crippen LogP contribution >= 0.6 is 0 Å². The molecule has 0 atom stereocenters. The van der Waals surface area contributed by atoms with Gasteiger partial charge in [-0.3, -0.25) is 0 Å². The number of rotatable bonds is 0. The molecule has 0 radical (unpaired) electrons. The van der Waals surface area contributed by atoms with Gasteiger partial charge in [0.1, 0.15) is 0 Å². The molecule has 0 fully saturated rings. The molecule has 0 nitrogen and oxygen atoms in total. The summed E-state index contributed by atoms with van der Waals surface area (Å²) in [6.45, 7) is -0.350. The molecule has 0 spiro atoms. The molecule has 0 aromatic carbocycles. The van der Waals surface area contributed by atoms with Gasteiger partial charge in [-0.25, -0.2) is 0 Å². The van der Waals surface area contributed by atoms with Gasteiger partial charge >= 0.3 is 0 Å². The molecule has 0 aromatic rings. The zero-order valence-corrected chi connectivity index (χ0v) is 5.61. The monoisotopic (exact) mass is 142 g/mol. The van der Waals surface area contributed by atoms with Crippen molar-refractivity contribution >= 4 is 44.7 Å². The van der Waals surface area contributed by atoms with E-state index in [4.69, 9.17) is 0 Å². The molecule has 0 saturated heterocycles. The minimum Gasteiger partial charge on any atom is -0.0850 e. The van der Waals surface area contributed by atoms with Gasteiger partial charge in [-0.1, -0.05) is 9.91 Å². The quantitative estimate of drug-likeness (QED) is 0.435. The van der Waals surface area contributed by atoms with E-state index in [1.54, 1.807) is 0 Å². The van der Waals surface area contributed by atoms with E-state index in [2.05, 4.69) is 28.2 Å². The standard InChI is InChI=1S/CH2S4/c1-4-5(2)3/h1H2. The average molecular weight is 142 g/mol. The van der Waals surface area contributed by atoms with E-state index >= 15 is 0 Å². The second-order valence-corrected chi connectivity index (χ2v) is 6.57. The van der Waals surface area contributed by atoms with Crippen molar-refractivity contribution in [3.63, 3.8) is 0 Å². The highest BCUT2D eigenvalue weighted by Gasteiger charge is 1.28. The maximum Gasteiger partial charge on any atom is -0.000814 e. The topological polar surface area (TPSA) is 0 Å². The SMILES string of the molecule is C=S=S(=S)=S. The first-order valence-electron chi connectivity index (χ1n) is 0.789. The van der Waals surface area contributed by atoms with Crippen molar-refractivity contribution in [2.45, 2.75) is 0 Å². The third-order valence-electron chi connectivity index (χ3n) is 0.0962. The fourth-order valence-corrected chi connectivity index (χ4v) is 0. The van der Waals surface area contributed by atoms with E-state index in [9.17, 15) is 0 Å². The van der Waals surface area contributed by atoms with Crippen molar-refractivity contribution in [1.82, 2.24) is 0 Å². The van der Waals surface area contributed by atoms with Gasteiger partial charge in [0.05, 0.1) is 0 Å². The summed E-state index contributed by atoms with van der Waals surface area (Å²) in [6.07, 6.45) is 0. The normalized spacial score (nSPS) is 6.40. The average Bonchev–Trinajstić information content (AvgIpc) is 1.38. The van der Waals surface area contributed by atoms with E-state index < -0.39 is 0 Å². The van der Waals surface area contributed by atoms with Crippen LogP contribution in [0.5, 0.6) is 0 Å². The van der Waals surface area contributed by atoms with Crippen molar-refractivity contribution in [1.29, 1.82) is 0 Å². The zero-order chi connectivity index (χ0) is 4.28. The van der Waals surface area contributed by atoms with E-state index in [0.717, 1.165) is 0 Å². The summed E-state index contributed by atoms with van der Waals surface area (Å²) in [4.78, 5) is 0. The van der Waals surface area contributed by atoms with Gasteiger partial charge in [-0.15, -0.1) is 0 Å². The van der Waals surface area contributed by atoms with Crippen LogP contribution in [0.15, 0.2) is 0 Å². The van der Waals surface area contributed by atoms with E-state index in [1.165, 1.54) is 9.91 Å². The molecule has 0 aliphatic heterocycles. The second kappa shape index (κ2) is 2.96. The Balaban J connectivity index is 5.08. The minimum atomic E-state index is -0.350. The summed E-state index contributed by atoms with van der Waals surface area (Å²) in [7, 11) is 1.29. The van der Waals surface area contributed by atoms with Crippen molar-refractivity contribution in [2.75, 3.05) is 0 Å². The lowest BCUT2D eigenvalue weighted by molar-refractivity contribution is 4.79. The molecular weight excluding hydrogens is 140 g/mol. The fourth-order valence-electron chi connectivity index (χ4n) is 0. The van der Waals surface area contributed by atoms with Gasteiger partial charge < -0.3 is 0 Å². The van der Waals surface area contributed by atoms with Gasteiger partial charge in [0.15, 0.2) is 0 Å². The summed E-state index contributed by atoms with van der Waals surface area (Å²) in [5.41, 5.74) is 0. The predicted molar refractivity (Wildman–Crippen MR) is 36.6 cm³/mol. The summed E-state index contributed by atoms with van der Waals surface area (Å²) in [5.74, 6) is 3.41. The first kappa shape index (κ1) is 5.75. The van der Waals surface area contributed by atoms with Crippen LogP contribution in [0, 0.1) is 0 Å². The molecule has 0 rings (SSSR count). The maximum absolute atomic E-state index is 4.52. The zero-order valence-electron chi connectivity index (χ0n) is 2.34. The molecule has 0 aliphatic rings. The Kier molecular flexibility index (Phi) is 3.40. The lowest BCUT2D eigenvalue weighted by Gasteiger charge is -1.34. The molecule has 0 heterocycles. The third kappa shape index (κ3) is 4.75. The number of hydrogen-bond acceptors (Lipinski definition) is 2. The molecule has 30 valence electrons. The van der Waals surface area contributed by atoms with Gasteiger partial charge in [0.25, 0.3) is 0 Å². The van der Waals surface area contributed by atoms with E-state index in [0.29, 0.717) is 0 Å². The Morgan fingerprint density at radius 2 is 1.80 bits per heavy atom. The molecule has 0 unspecified atom stereocenters. The lowest BCUT2D eigenvalue weighted by Crippen LogP contribution is -1.33. The fraction of sp³-hybridized carbons (Fsp3) is 0. The molecule has 0 amide bonds.